The Bertz CT molecular complexity index is 609. The molecular formula is C16H15F3O3. The third-order valence-electron chi connectivity index (χ3n) is 3.24. The Morgan fingerprint density at radius 3 is 2.18 bits per heavy atom. The number of aromatic hydroxyl groups is 1. The molecule has 2 rings (SSSR count). The molecule has 0 aromatic heterocycles. The SMILES string of the molecule is OCC(COc1ccccc1O)c1ccc(C(F)(F)F)cc1. The van der Waals surface area contributed by atoms with Gasteiger partial charge in [0.05, 0.1) is 18.8 Å². The summed E-state index contributed by atoms with van der Waals surface area (Å²) >= 11 is 0. The molecule has 22 heavy (non-hydrogen) atoms. The molecule has 0 aliphatic heterocycles. The minimum Gasteiger partial charge on any atom is -0.504 e. The Balaban J connectivity index is 2.07. The highest BCUT2D eigenvalue weighted by Gasteiger charge is 2.30. The molecule has 0 saturated heterocycles. The summed E-state index contributed by atoms with van der Waals surface area (Å²) in [5.41, 5.74) is -0.208. The average Bonchev–Trinajstić information content (AvgIpc) is 2.49. The summed E-state index contributed by atoms with van der Waals surface area (Å²) in [5, 5.41) is 19.0. The fourth-order valence-electron chi connectivity index (χ4n) is 1.97. The number of aliphatic hydroxyl groups excluding tert-OH is 1. The average molecular weight is 312 g/mol. The molecule has 2 aromatic carbocycles. The summed E-state index contributed by atoms with van der Waals surface area (Å²) in [6.07, 6.45) is -4.39. The van der Waals surface area contributed by atoms with E-state index in [4.69, 9.17) is 4.74 Å². The molecular weight excluding hydrogens is 297 g/mol. The van der Waals surface area contributed by atoms with Crippen LogP contribution in [-0.2, 0) is 6.18 Å². The number of phenolic OH excluding ortho intramolecular Hbond substituents is 1. The van der Waals surface area contributed by atoms with E-state index in [1.807, 2.05) is 0 Å². The van der Waals surface area contributed by atoms with Crippen molar-refractivity contribution in [2.75, 3.05) is 13.2 Å². The quantitative estimate of drug-likeness (QED) is 0.887. The lowest BCUT2D eigenvalue weighted by atomic mass is 9.99. The van der Waals surface area contributed by atoms with E-state index >= 15 is 0 Å². The predicted octanol–water partition coefficient (Wildman–Crippen LogP) is 3.57. The number of halogens is 3. The number of phenols is 1. The van der Waals surface area contributed by atoms with Crippen LogP contribution in [-0.4, -0.2) is 23.4 Å². The zero-order valence-electron chi connectivity index (χ0n) is 11.5. The van der Waals surface area contributed by atoms with Crippen molar-refractivity contribution in [3.8, 4) is 11.5 Å². The van der Waals surface area contributed by atoms with Gasteiger partial charge in [0.2, 0.25) is 0 Å². The highest BCUT2D eigenvalue weighted by atomic mass is 19.4. The van der Waals surface area contributed by atoms with Crippen molar-refractivity contribution >= 4 is 0 Å². The molecule has 0 aliphatic rings. The van der Waals surface area contributed by atoms with Gasteiger partial charge in [-0.05, 0) is 29.8 Å². The molecule has 0 saturated carbocycles. The first kappa shape index (κ1) is 16.2. The maximum Gasteiger partial charge on any atom is 0.416 e. The topological polar surface area (TPSA) is 49.7 Å². The molecule has 0 aliphatic carbocycles. The largest absolute Gasteiger partial charge is 0.504 e. The summed E-state index contributed by atoms with van der Waals surface area (Å²) in [4.78, 5) is 0. The molecule has 0 radical (unpaired) electrons. The standard InChI is InChI=1S/C16H15F3O3/c17-16(18,19)13-7-5-11(6-8-13)12(9-20)10-22-15-4-2-1-3-14(15)21/h1-8,12,20-21H,9-10H2. The van der Waals surface area contributed by atoms with Crippen LogP contribution in [0.1, 0.15) is 17.0 Å². The normalized spacial score (nSPS) is 12.9. The fourth-order valence-corrected chi connectivity index (χ4v) is 1.97. The monoisotopic (exact) mass is 312 g/mol. The van der Waals surface area contributed by atoms with E-state index in [1.54, 1.807) is 18.2 Å². The third kappa shape index (κ3) is 3.92. The Morgan fingerprint density at radius 2 is 1.64 bits per heavy atom. The lowest BCUT2D eigenvalue weighted by Crippen LogP contribution is -2.15. The third-order valence-corrected chi connectivity index (χ3v) is 3.24. The molecule has 0 spiro atoms. The number of rotatable bonds is 5. The molecule has 1 atom stereocenters. The number of hydrogen-bond acceptors (Lipinski definition) is 3. The summed E-state index contributed by atoms with van der Waals surface area (Å²) in [6, 6.07) is 10.9. The first-order chi connectivity index (χ1) is 10.4. The number of para-hydroxylation sites is 2. The molecule has 0 bridgehead atoms. The van der Waals surface area contributed by atoms with E-state index in [0.717, 1.165) is 12.1 Å². The van der Waals surface area contributed by atoms with Gasteiger partial charge in [0, 0.05) is 5.92 Å². The van der Waals surface area contributed by atoms with Crippen LogP contribution >= 0.6 is 0 Å². The van der Waals surface area contributed by atoms with Gasteiger partial charge in [0.25, 0.3) is 0 Å². The number of alkyl halides is 3. The van der Waals surface area contributed by atoms with Crippen LogP contribution in [0.2, 0.25) is 0 Å². The minimum absolute atomic E-state index is 0.0355. The van der Waals surface area contributed by atoms with Gasteiger partial charge in [-0.15, -0.1) is 0 Å². The van der Waals surface area contributed by atoms with E-state index in [-0.39, 0.29) is 24.7 Å². The molecule has 3 nitrogen and oxygen atoms in total. The highest BCUT2D eigenvalue weighted by molar-refractivity contribution is 5.38. The van der Waals surface area contributed by atoms with Crippen molar-refractivity contribution in [2.24, 2.45) is 0 Å². The van der Waals surface area contributed by atoms with Gasteiger partial charge in [-0.2, -0.15) is 13.2 Å². The fraction of sp³-hybridized carbons (Fsp3) is 0.250. The molecule has 118 valence electrons. The van der Waals surface area contributed by atoms with E-state index in [9.17, 15) is 23.4 Å². The number of benzene rings is 2. The number of ether oxygens (including phenoxy) is 1. The summed E-state index contributed by atoms with van der Waals surface area (Å²) in [5.74, 6) is -0.263. The Kier molecular flexibility index (Phi) is 4.92. The lowest BCUT2D eigenvalue weighted by molar-refractivity contribution is -0.137. The molecule has 6 heteroatoms. The number of hydrogen-bond donors (Lipinski definition) is 2. The van der Waals surface area contributed by atoms with E-state index in [1.165, 1.54) is 18.2 Å². The van der Waals surface area contributed by atoms with Crippen LogP contribution in [0, 0.1) is 0 Å². The van der Waals surface area contributed by atoms with Gasteiger partial charge in [-0.3, -0.25) is 0 Å². The van der Waals surface area contributed by atoms with Gasteiger partial charge in [0.15, 0.2) is 11.5 Å². The van der Waals surface area contributed by atoms with Crippen LogP contribution in [0.5, 0.6) is 11.5 Å². The van der Waals surface area contributed by atoms with Crippen LogP contribution in [0.4, 0.5) is 13.2 Å². The molecule has 0 amide bonds. The van der Waals surface area contributed by atoms with Crippen LogP contribution in [0.3, 0.4) is 0 Å². The van der Waals surface area contributed by atoms with Gasteiger partial charge in [0.1, 0.15) is 0 Å². The van der Waals surface area contributed by atoms with Gasteiger partial charge < -0.3 is 14.9 Å². The second-order valence-electron chi connectivity index (χ2n) is 4.78. The summed E-state index contributed by atoms with van der Waals surface area (Å²) in [6.45, 7) is -0.238. The van der Waals surface area contributed by atoms with Crippen molar-refractivity contribution in [3.05, 3.63) is 59.7 Å². The molecule has 1 unspecified atom stereocenters. The maximum absolute atomic E-state index is 12.5. The number of aliphatic hydroxyl groups is 1. The Hall–Kier alpha value is -2.21. The van der Waals surface area contributed by atoms with Crippen molar-refractivity contribution in [1.29, 1.82) is 0 Å². The van der Waals surface area contributed by atoms with E-state index < -0.39 is 17.7 Å². The van der Waals surface area contributed by atoms with Crippen molar-refractivity contribution in [1.82, 2.24) is 0 Å². The smallest absolute Gasteiger partial charge is 0.416 e. The second kappa shape index (κ2) is 6.70. The summed E-state index contributed by atoms with van der Waals surface area (Å²) < 4.78 is 43.0. The summed E-state index contributed by atoms with van der Waals surface area (Å²) in [7, 11) is 0. The van der Waals surface area contributed by atoms with Gasteiger partial charge >= 0.3 is 6.18 Å². The van der Waals surface area contributed by atoms with E-state index in [0.29, 0.717) is 5.56 Å². The predicted molar refractivity (Wildman–Crippen MR) is 74.9 cm³/mol. The van der Waals surface area contributed by atoms with Crippen molar-refractivity contribution in [3.63, 3.8) is 0 Å². The van der Waals surface area contributed by atoms with Gasteiger partial charge in [-0.25, -0.2) is 0 Å². The van der Waals surface area contributed by atoms with Gasteiger partial charge in [-0.1, -0.05) is 24.3 Å². The second-order valence-corrected chi connectivity index (χ2v) is 4.78. The molecule has 0 heterocycles. The van der Waals surface area contributed by atoms with Crippen molar-refractivity contribution < 1.29 is 28.1 Å². The zero-order chi connectivity index (χ0) is 16.2. The van der Waals surface area contributed by atoms with E-state index in [2.05, 4.69) is 0 Å². The zero-order valence-corrected chi connectivity index (χ0v) is 11.5. The van der Waals surface area contributed by atoms with Crippen molar-refractivity contribution in [2.45, 2.75) is 12.1 Å². The minimum atomic E-state index is -4.39. The van der Waals surface area contributed by atoms with Crippen LogP contribution in [0.25, 0.3) is 0 Å². The maximum atomic E-state index is 12.5. The Morgan fingerprint density at radius 1 is 1.00 bits per heavy atom. The first-order valence-corrected chi connectivity index (χ1v) is 6.60. The molecule has 0 fully saturated rings. The Labute approximate surface area is 125 Å². The lowest BCUT2D eigenvalue weighted by Gasteiger charge is -2.17. The highest BCUT2D eigenvalue weighted by Crippen LogP contribution is 2.31. The molecule has 2 aromatic rings. The molecule has 2 N–H and O–H groups in total. The first-order valence-electron chi connectivity index (χ1n) is 6.60. The van der Waals surface area contributed by atoms with Crippen LogP contribution < -0.4 is 4.74 Å². The van der Waals surface area contributed by atoms with Crippen LogP contribution in [0.15, 0.2) is 48.5 Å².